The lowest BCUT2D eigenvalue weighted by Crippen LogP contribution is -2.41. The summed E-state index contributed by atoms with van der Waals surface area (Å²) in [6.45, 7) is -0.351. The standard InChI is InChI=1S/C15H19NO5/c1-21-9-4-2-8(3-5-9)10-6-12(18)16-11(7-17)14(19)15(20)13(10)16/h2-5,10-11,13-15,17,19-20H,6-7H2,1H3/t10-,11+,13+,14+,15+/m1/s1. The van der Waals surface area contributed by atoms with Gasteiger partial charge in [-0.3, -0.25) is 4.79 Å². The molecule has 0 saturated carbocycles. The number of amides is 1. The van der Waals surface area contributed by atoms with Crippen LogP contribution in [0.2, 0.25) is 0 Å². The highest BCUT2D eigenvalue weighted by atomic mass is 16.5. The summed E-state index contributed by atoms with van der Waals surface area (Å²) in [5, 5.41) is 29.6. The molecule has 1 aromatic carbocycles. The van der Waals surface area contributed by atoms with Gasteiger partial charge in [0, 0.05) is 12.3 Å². The molecule has 2 saturated heterocycles. The second-order valence-corrected chi connectivity index (χ2v) is 5.61. The van der Waals surface area contributed by atoms with Crippen molar-refractivity contribution < 1.29 is 24.9 Å². The van der Waals surface area contributed by atoms with Crippen molar-refractivity contribution in [3.63, 3.8) is 0 Å². The smallest absolute Gasteiger partial charge is 0.224 e. The number of benzene rings is 1. The van der Waals surface area contributed by atoms with Gasteiger partial charge in [-0.2, -0.15) is 0 Å². The highest BCUT2D eigenvalue weighted by Gasteiger charge is 2.56. The van der Waals surface area contributed by atoms with Crippen LogP contribution >= 0.6 is 0 Å². The van der Waals surface area contributed by atoms with Gasteiger partial charge < -0.3 is 25.0 Å². The van der Waals surface area contributed by atoms with E-state index in [0.29, 0.717) is 0 Å². The minimum atomic E-state index is -1.11. The molecule has 3 N–H and O–H groups in total. The van der Waals surface area contributed by atoms with Crippen molar-refractivity contribution in [2.45, 2.75) is 36.6 Å². The lowest BCUT2D eigenvalue weighted by atomic mass is 9.88. The SMILES string of the molecule is COc1ccc([C@H]2CC(=O)N3[C@@H]2[C@H](O)[C@@H](O)[C@@H]3CO)cc1. The molecule has 6 heteroatoms. The monoisotopic (exact) mass is 293 g/mol. The van der Waals surface area contributed by atoms with Gasteiger partial charge in [0.2, 0.25) is 5.91 Å². The van der Waals surface area contributed by atoms with Gasteiger partial charge in [-0.15, -0.1) is 0 Å². The highest BCUT2D eigenvalue weighted by molar-refractivity contribution is 5.82. The number of carbonyl (C=O) groups is 1. The topological polar surface area (TPSA) is 90.2 Å². The van der Waals surface area contributed by atoms with Crippen LogP contribution in [0.3, 0.4) is 0 Å². The second kappa shape index (κ2) is 5.29. The van der Waals surface area contributed by atoms with E-state index in [0.717, 1.165) is 11.3 Å². The number of methoxy groups -OCH3 is 1. The van der Waals surface area contributed by atoms with E-state index >= 15 is 0 Å². The summed E-state index contributed by atoms with van der Waals surface area (Å²) in [5.41, 5.74) is 0.918. The first-order valence-electron chi connectivity index (χ1n) is 7.00. The number of fused-ring (bicyclic) bond motifs is 1. The van der Waals surface area contributed by atoms with E-state index < -0.39 is 24.3 Å². The van der Waals surface area contributed by atoms with Crippen LogP contribution in [0.4, 0.5) is 0 Å². The van der Waals surface area contributed by atoms with Gasteiger partial charge in [-0.25, -0.2) is 0 Å². The minimum Gasteiger partial charge on any atom is -0.497 e. The predicted octanol–water partition coefficient (Wildman–Crippen LogP) is -0.524. The second-order valence-electron chi connectivity index (χ2n) is 5.61. The fraction of sp³-hybridized carbons (Fsp3) is 0.533. The zero-order valence-electron chi connectivity index (χ0n) is 11.7. The number of aliphatic hydroxyl groups excluding tert-OH is 3. The molecule has 2 heterocycles. The summed E-state index contributed by atoms with van der Waals surface area (Å²) in [6, 6.07) is 6.14. The molecule has 0 unspecified atom stereocenters. The Morgan fingerprint density at radius 2 is 1.90 bits per heavy atom. The maximum absolute atomic E-state index is 12.2. The number of carbonyl (C=O) groups excluding carboxylic acids is 1. The molecule has 1 amide bonds. The molecule has 5 atom stereocenters. The molecule has 2 aliphatic rings. The molecule has 0 aromatic heterocycles. The van der Waals surface area contributed by atoms with E-state index in [9.17, 15) is 20.1 Å². The van der Waals surface area contributed by atoms with E-state index in [2.05, 4.69) is 0 Å². The number of ether oxygens (including phenoxy) is 1. The van der Waals surface area contributed by atoms with Crippen molar-refractivity contribution in [1.29, 1.82) is 0 Å². The maximum atomic E-state index is 12.2. The Morgan fingerprint density at radius 1 is 1.24 bits per heavy atom. The molecule has 21 heavy (non-hydrogen) atoms. The van der Waals surface area contributed by atoms with Crippen molar-refractivity contribution in [3.05, 3.63) is 29.8 Å². The zero-order valence-corrected chi connectivity index (χ0v) is 11.7. The maximum Gasteiger partial charge on any atom is 0.224 e. The molecule has 2 aliphatic heterocycles. The van der Waals surface area contributed by atoms with Crippen molar-refractivity contribution in [2.75, 3.05) is 13.7 Å². The van der Waals surface area contributed by atoms with Crippen molar-refractivity contribution in [3.8, 4) is 5.75 Å². The first-order valence-corrected chi connectivity index (χ1v) is 7.00. The lowest BCUT2D eigenvalue weighted by molar-refractivity contribution is -0.131. The Kier molecular flexibility index (Phi) is 3.61. The fourth-order valence-corrected chi connectivity index (χ4v) is 3.54. The third kappa shape index (κ3) is 2.10. The van der Waals surface area contributed by atoms with Crippen LogP contribution in [0.25, 0.3) is 0 Å². The molecule has 0 aliphatic carbocycles. The van der Waals surface area contributed by atoms with Gasteiger partial charge in [0.25, 0.3) is 0 Å². The molecule has 6 nitrogen and oxygen atoms in total. The van der Waals surface area contributed by atoms with Gasteiger partial charge in [0.1, 0.15) is 18.0 Å². The summed E-state index contributed by atoms with van der Waals surface area (Å²) in [6.07, 6.45) is -1.87. The van der Waals surface area contributed by atoms with E-state index in [4.69, 9.17) is 4.74 Å². The Bertz CT molecular complexity index is 531. The fourth-order valence-electron chi connectivity index (χ4n) is 3.54. The average Bonchev–Trinajstić information content (AvgIpc) is 2.97. The van der Waals surface area contributed by atoms with Crippen LogP contribution in [-0.4, -0.2) is 64.1 Å². The molecule has 1 aromatic rings. The third-order valence-electron chi connectivity index (χ3n) is 4.60. The van der Waals surface area contributed by atoms with Crippen LogP contribution in [0.15, 0.2) is 24.3 Å². The summed E-state index contributed by atoms with van der Waals surface area (Å²) < 4.78 is 5.11. The third-order valence-corrected chi connectivity index (χ3v) is 4.60. The van der Waals surface area contributed by atoms with Gasteiger partial charge >= 0.3 is 0 Å². The Labute approximate surface area is 122 Å². The largest absolute Gasteiger partial charge is 0.497 e. The van der Waals surface area contributed by atoms with E-state index in [1.807, 2.05) is 24.3 Å². The summed E-state index contributed by atoms with van der Waals surface area (Å²) >= 11 is 0. The van der Waals surface area contributed by atoms with Crippen LogP contribution in [0.5, 0.6) is 5.75 Å². The number of hydrogen-bond acceptors (Lipinski definition) is 5. The first-order chi connectivity index (χ1) is 10.1. The molecule has 0 spiro atoms. The summed E-state index contributed by atoms with van der Waals surface area (Å²) in [4.78, 5) is 13.6. The Balaban J connectivity index is 1.92. The Hall–Kier alpha value is -1.63. The normalized spacial score (nSPS) is 35.1. The minimum absolute atomic E-state index is 0.143. The van der Waals surface area contributed by atoms with Crippen LogP contribution in [0.1, 0.15) is 17.9 Å². The molecule has 3 rings (SSSR count). The van der Waals surface area contributed by atoms with Gasteiger partial charge in [0.15, 0.2) is 0 Å². The van der Waals surface area contributed by atoms with Crippen LogP contribution in [0, 0.1) is 0 Å². The average molecular weight is 293 g/mol. The highest BCUT2D eigenvalue weighted by Crippen LogP contribution is 2.43. The van der Waals surface area contributed by atoms with Crippen LogP contribution in [-0.2, 0) is 4.79 Å². The predicted molar refractivity (Wildman–Crippen MR) is 73.9 cm³/mol. The summed E-state index contributed by atoms with van der Waals surface area (Å²) in [5.74, 6) is 0.389. The molecule has 0 bridgehead atoms. The van der Waals surface area contributed by atoms with Gasteiger partial charge in [-0.05, 0) is 17.7 Å². The lowest BCUT2D eigenvalue weighted by Gasteiger charge is -2.25. The number of rotatable bonds is 3. The zero-order chi connectivity index (χ0) is 15.1. The number of hydrogen-bond donors (Lipinski definition) is 3. The molecule has 0 radical (unpaired) electrons. The van der Waals surface area contributed by atoms with Gasteiger partial charge in [-0.1, -0.05) is 12.1 Å². The van der Waals surface area contributed by atoms with Crippen molar-refractivity contribution >= 4 is 5.91 Å². The number of nitrogens with zero attached hydrogens (tertiary/aromatic N) is 1. The molecule has 2 fully saturated rings. The van der Waals surface area contributed by atoms with E-state index in [-0.39, 0.29) is 24.9 Å². The molecule has 114 valence electrons. The molecular weight excluding hydrogens is 274 g/mol. The summed E-state index contributed by atoms with van der Waals surface area (Å²) in [7, 11) is 1.58. The van der Waals surface area contributed by atoms with Crippen molar-refractivity contribution in [2.24, 2.45) is 0 Å². The Morgan fingerprint density at radius 3 is 2.48 bits per heavy atom. The first kappa shape index (κ1) is 14.3. The van der Waals surface area contributed by atoms with Crippen LogP contribution < -0.4 is 4.74 Å². The molecular formula is C15H19NO5. The van der Waals surface area contributed by atoms with Gasteiger partial charge in [0.05, 0.1) is 25.8 Å². The quantitative estimate of drug-likeness (QED) is 0.697. The van der Waals surface area contributed by atoms with E-state index in [1.165, 1.54) is 4.90 Å². The number of aliphatic hydroxyl groups is 3. The van der Waals surface area contributed by atoms with Crippen molar-refractivity contribution in [1.82, 2.24) is 4.90 Å². The van der Waals surface area contributed by atoms with E-state index in [1.54, 1.807) is 7.11 Å².